The van der Waals surface area contributed by atoms with Crippen molar-refractivity contribution < 1.29 is 4.42 Å². The molecular formula is C38H24OS. The summed E-state index contributed by atoms with van der Waals surface area (Å²) < 4.78 is 9.49. The standard InChI is InChI=1S/C38H24OS/c1-3-12-25(13-4-1)27-16-11-17-28(22-27)37-30-19-7-8-20-31(30)38(39-37)34-24-36-33(29-18-9-10-21-35(29)40-36)23-32(34)26-14-5-2-6-15-26/h1-24H. The maximum absolute atomic E-state index is 6.92. The van der Waals surface area contributed by atoms with Crippen LogP contribution in [0.4, 0.5) is 0 Å². The van der Waals surface area contributed by atoms with Gasteiger partial charge in [-0.25, -0.2) is 0 Å². The van der Waals surface area contributed by atoms with Gasteiger partial charge in [0, 0.05) is 42.1 Å². The van der Waals surface area contributed by atoms with Gasteiger partial charge in [0.25, 0.3) is 0 Å². The van der Waals surface area contributed by atoms with E-state index in [2.05, 4.69) is 146 Å². The van der Waals surface area contributed by atoms with E-state index in [9.17, 15) is 0 Å². The van der Waals surface area contributed by atoms with Crippen molar-refractivity contribution in [2.75, 3.05) is 0 Å². The van der Waals surface area contributed by atoms with E-state index in [1.54, 1.807) is 0 Å². The number of hydrogen-bond acceptors (Lipinski definition) is 2. The zero-order valence-electron chi connectivity index (χ0n) is 21.7. The van der Waals surface area contributed by atoms with E-state index in [0.29, 0.717) is 0 Å². The topological polar surface area (TPSA) is 13.1 Å². The van der Waals surface area contributed by atoms with Crippen molar-refractivity contribution in [3.05, 3.63) is 146 Å². The fourth-order valence-electron chi connectivity index (χ4n) is 5.79. The van der Waals surface area contributed by atoms with E-state index in [1.165, 1.54) is 42.4 Å². The zero-order valence-corrected chi connectivity index (χ0v) is 22.5. The van der Waals surface area contributed by atoms with Crippen molar-refractivity contribution in [2.24, 2.45) is 0 Å². The van der Waals surface area contributed by atoms with Gasteiger partial charge in [0.05, 0.1) is 0 Å². The minimum atomic E-state index is 0.902. The zero-order chi connectivity index (χ0) is 26.5. The van der Waals surface area contributed by atoms with Crippen LogP contribution in [0.1, 0.15) is 0 Å². The first-order chi connectivity index (χ1) is 19.8. The number of fused-ring (bicyclic) bond motifs is 4. The Morgan fingerprint density at radius 1 is 0.350 bits per heavy atom. The van der Waals surface area contributed by atoms with Crippen molar-refractivity contribution in [1.29, 1.82) is 0 Å². The third-order valence-corrected chi connectivity index (χ3v) is 8.83. The Labute approximate surface area is 236 Å². The van der Waals surface area contributed by atoms with Crippen molar-refractivity contribution >= 4 is 42.3 Å². The molecule has 0 N–H and O–H groups in total. The highest BCUT2D eigenvalue weighted by Gasteiger charge is 2.21. The summed E-state index contributed by atoms with van der Waals surface area (Å²) in [4.78, 5) is 0. The molecule has 0 aliphatic carbocycles. The van der Waals surface area contributed by atoms with Crippen molar-refractivity contribution in [1.82, 2.24) is 0 Å². The molecule has 0 amide bonds. The maximum Gasteiger partial charge on any atom is 0.143 e. The SMILES string of the molecule is c1ccc(-c2cccc(-c3oc(-c4cc5sc6ccccc6c5cc4-c4ccccc4)c4ccccc34)c2)cc1. The molecule has 0 aliphatic heterocycles. The highest BCUT2D eigenvalue weighted by Crippen LogP contribution is 2.46. The number of benzene rings is 6. The molecule has 0 saturated carbocycles. The molecule has 0 fully saturated rings. The molecule has 0 radical (unpaired) electrons. The van der Waals surface area contributed by atoms with Crippen LogP contribution in [0.2, 0.25) is 0 Å². The number of thiophene rings is 1. The van der Waals surface area contributed by atoms with Gasteiger partial charge in [-0.15, -0.1) is 11.3 Å². The lowest BCUT2D eigenvalue weighted by Crippen LogP contribution is -1.85. The molecule has 0 unspecified atom stereocenters. The fraction of sp³-hybridized carbons (Fsp3) is 0. The van der Waals surface area contributed by atoms with Gasteiger partial charge in [0.1, 0.15) is 11.5 Å². The molecule has 0 spiro atoms. The molecule has 40 heavy (non-hydrogen) atoms. The third-order valence-electron chi connectivity index (χ3n) is 7.70. The predicted octanol–water partition coefficient (Wildman–Crippen LogP) is 11.5. The molecule has 2 heterocycles. The van der Waals surface area contributed by atoms with Gasteiger partial charge in [-0.05, 0) is 46.5 Å². The second kappa shape index (κ2) is 9.37. The minimum absolute atomic E-state index is 0.902. The van der Waals surface area contributed by atoms with Crippen LogP contribution in [-0.2, 0) is 0 Å². The van der Waals surface area contributed by atoms with Crippen LogP contribution in [0.5, 0.6) is 0 Å². The van der Waals surface area contributed by atoms with E-state index in [0.717, 1.165) is 33.4 Å². The lowest BCUT2D eigenvalue weighted by Gasteiger charge is -2.10. The summed E-state index contributed by atoms with van der Waals surface area (Å²) in [5, 5.41) is 4.84. The number of hydrogen-bond donors (Lipinski definition) is 0. The molecule has 6 aromatic carbocycles. The molecule has 1 nitrogen and oxygen atoms in total. The summed E-state index contributed by atoms with van der Waals surface area (Å²) in [5.74, 6) is 1.81. The molecule has 8 rings (SSSR count). The van der Waals surface area contributed by atoms with E-state index >= 15 is 0 Å². The second-order valence-corrected chi connectivity index (χ2v) is 11.2. The maximum atomic E-state index is 6.92. The van der Waals surface area contributed by atoms with Crippen molar-refractivity contribution in [3.63, 3.8) is 0 Å². The van der Waals surface area contributed by atoms with Gasteiger partial charge in [-0.1, -0.05) is 121 Å². The van der Waals surface area contributed by atoms with Gasteiger partial charge in [-0.3, -0.25) is 0 Å². The summed E-state index contributed by atoms with van der Waals surface area (Å²) in [6, 6.07) is 51.8. The highest BCUT2D eigenvalue weighted by molar-refractivity contribution is 7.25. The molecule has 8 aromatic rings. The van der Waals surface area contributed by atoms with Crippen LogP contribution in [0.3, 0.4) is 0 Å². The second-order valence-electron chi connectivity index (χ2n) is 10.1. The van der Waals surface area contributed by atoms with E-state index in [4.69, 9.17) is 4.42 Å². The molecule has 0 atom stereocenters. The fourth-order valence-corrected chi connectivity index (χ4v) is 6.92. The van der Waals surface area contributed by atoms with Crippen LogP contribution in [0, 0.1) is 0 Å². The lowest BCUT2D eigenvalue weighted by atomic mass is 9.94. The highest BCUT2D eigenvalue weighted by atomic mass is 32.1. The van der Waals surface area contributed by atoms with Gasteiger partial charge < -0.3 is 4.42 Å². The average Bonchev–Trinajstić information content (AvgIpc) is 3.60. The van der Waals surface area contributed by atoms with Crippen LogP contribution < -0.4 is 0 Å². The summed E-state index contributed by atoms with van der Waals surface area (Å²) >= 11 is 1.84. The summed E-state index contributed by atoms with van der Waals surface area (Å²) in [7, 11) is 0. The smallest absolute Gasteiger partial charge is 0.143 e. The van der Waals surface area contributed by atoms with Crippen molar-refractivity contribution in [2.45, 2.75) is 0 Å². The first kappa shape index (κ1) is 23.0. The Balaban J connectivity index is 1.40. The molecule has 2 aromatic heterocycles. The monoisotopic (exact) mass is 528 g/mol. The van der Waals surface area contributed by atoms with Gasteiger partial charge in [-0.2, -0.15) is 0 Å². The summed E-state index contributed by atoms with van der Waals surface area (Å²) in [6.07, 6.45) is 0. The average molecular weight is 529 g/mol. The van der Waals surface area contributed by atoms with Crippen LogP contribution >= 0.6 is 11.3 Å². The molecular weight excluding hydrogens is 504 g/mol. The predicted molar refractivity (Wildman–Crippen MR) is 171 cm³/mol. The number of rotatable bonds is 4. The molecule has 0 bridgehead atoms. The Morgan fingerprint density at radius 3 is 1.73 bits per heavy atom. The van der Waals surface area contributed by atoms with E-state index in [-0.39, 0.29) is 0 Å². The minimum Gasteiger partial charge on any atom is -0.455 e. The van der Waals surface area contributed by atoms with Gasteiger partial charge in [0.15, 0.2) is 0 Å². The molecule has 188 valence electrons. The molecule has 0 saturated heterocycles. The quantitative estimate of drug-likeness (QED) is 0.221. The van der Waals surface area contributed by atoms with Crippen LogP contribution in [0.25, 0.3) is 75.8 Å². The van der Waals surface area contributed by atoms with Crippen LogP contribution in [0.15, 0.2) is 150 Å². The van der Waals surface area contributed by atoms with Crippen molar-refractivity contribution in [3.8, 4) is 44.9 Å². The Kier molecular flexibility index (Phi) is 5.39. The first-order valence-electron chi connectivity index (χ1n) is 13.5. The summed E-state index contributed by atoms with van der Waals surface area (Å²) in [6.45, 7) is 0. The number of furan rings is 1. The third kappa shape index (κ3) is 3.77. The summed E-state index contributed by atoms with van der Waals surface area (Å²) in [5.41, 5.74) is 6.93. The Morgan fingerprint density at radius 2 is 0.950 bits per heavy atom. The largest absolute Gasteiger partial charge is 0.455 e. The first-order valence-corrected chi connectivity index (χ1v) is 14.3. The molecule has 0 aliphatic rings. The lowest BCUT2D eigenvalue weighted by molar-refractivity contribution is 0.602. The normalized spacial score (nSPS) is 11.5. The molecule has 2 heteroatoms. The van der Waals surface area contributed by atoms with Gasteiger partial charge >= 0.3 is 0 Å². The Bertz CT molecular complexity index is 2150. The Hall–Kier alpha value is -4.92. The van der Waals surface area contributed by atoms with E-state index in [1.807, 2.05) is 11.3 Å². The van der Waals surface area contributed by atoms with E-state index < -0.39 is 0 Å². The van der Waals surface area contributed by atoms with Crippen LogP contribution in [-0.4, -0.2) is 0 Å². The van der Waals surface area contributed by atoms with Gasteiger partial charge in [0.2, 0.25) is 0 Å².